The lowest BCUT2D eigenvalue weighted by Gasteiger charge is -2.31. The first-order valence-corrected chi connectivity index (χ1v) is 7.62. The second-order valence-corrected chi connectivity index (χ2v) is 6.03. The Labute approximate surface area is 131 Å². The summed E-state index contributed by atoms with van der Waals surface area (Å²) in [5.41, 5.74) is 0.413. The Hall–Kier alpha value is -2.34. The molecule has 0 saturated carbocycles. The zero-order valence-corrected chi connectivity index (χ0v) is 12.9. The maximum Gasteiger partial charge on any atom is 0.163 e. The van der Waals surface area contributed by atoms with Gasteiger partial charge >= 0.3 is 0 Å². The van der Waals surface area contributed by atoms with Crippen molar-refractivity contribution in [3.63, 3.8) is 0 Å². The number of nitrogens with one attached hydrogen (secondary N) is 1. The van der Waals surface area contributed by atoms with Crippen molar-refractivity contribution >= 4 is 23.0 Å². The molecule has 0 fully saturated rings. The molecule has 112 valence electrons. The summed E-state index contributed by atoms with van der Waals surface area (Å²) < 4.78 is 13.2. The molecule has 1 atom stereocenters. The average molecular weight is 315 g/mol. The van der Waals surface area contributed by atoms with E-state index in [1.165, 1.54) is 30.4 Å². The van der Waals surface area contributed by atoms with Crippen molar-refractivity contribution in [2.24, 2.45) is 4.99 Å². The summed E-state index contributed by atoms with van der Waals surface area (Å²) in [6.45, 7) is 3.35. The van der Waals surface area contributed by atoms with Crippen LogP contribution in [-0.2, 0) is 10.3 Å². The molecule has 3 rings (SSSR count). The fourth-order valence-electron chi connectivity index (χ4n) is 2.49. The minimum atomic E-state index is -0.869. The Bertz CT molecular complexity index is 765. The lowest BCUT2D eigenvalue weighted by molar-refractivity contribution is -0.114. The van der Waals surface area contributed by atoms with Gasteiger partial charge in [-0.1, -0.05) is 12.1 Å². The van der Waals surface area contributed by atoms with Crippen LogP contribution in [0.1, 0.15) is 24.4 Å². The second kappa shape index (κ2) is 5.46. The van der Waals surface area contributed by atoms with E-state index in [-0.39, 0.29) is 11.6 Å². The van der Waals surface area contributed by atoms with E-state index in [0.717, 1.165) is 10.6 Å². The molecule has 1 aliphatic rings. The van der Waals surface area contributed by atoms with Gasteiger partial charge in [0.15, 0.2) is 16.6 Å². The molecular formula is C16H14FN3OS. The summed E-state index contributed by atoms with van der Waals surface area (Å²) in [5, 5.41) is 5.63. The molecule has 1 unspecified atom stereocenters. The Balaban J connectivity index is 2.12. The van der Waals surface area contributed by atoms with Crippen LogP contribution >= 0.6 is 11.3 Å². The molecule has 2 heterocycles. The Morgan fingerprint density at radius 3 is 2.64 bits per heavy atom. The van der Waals surface area contributed by atoms with Crippen LogP contribution in [0.3, 0.4) is 0 Å². The third kappa shape index (κ3) is 2.46. The summed E-state index contributed by atoms with van der Waals surface area (Å²) in [7, 11) is 0. The van der Waals surface area contributed by atoms with Crippen LogP contribution in [0.2, 0.25) is 0 Å². The summed E-state index contributed by atoms with van der Waals surface area (Å²) in [6, 6.07) is 6.05. The second-order valence-electron chi connectivity index (χ2n) is 5.14. The quantitative estimate of drug-likeness (QED) is 0.947. The van der Waals surface area contributed by atoms with Crippen LogP contribution in [-0.4, -0.2) is 16.6 Å². The average Bonchev–Trinajstić information content (AvgIpc) is 3.01. The number of aliphatic imine (C=N–C) groups is 1. The van der Waals surface area contributed by atoms with Crippen LogP contribution in [0.4, 0.5) is 4.39 Å². The molecule has 1 N–H and O–H groups in total. The van der Waals surface area contributed by atoms with Crippen LogP contribution < -0.4 is 5.32 Å². The highest BCUT2D eigenvalue weighted by molar-refractivity contribution is 7.11. The first-order chi connectivity index (χ1) is 10.5. The van der Waals surface area contributed by atoms with Gasteiger partial charge in [-0.3, -0.25) is 4.79 Å². The molecule has 0 aliphatic carbocycles. The lowest BCUT2D eigenvalue weighted by atomic mass is 9.82. The molecule has 0 saturated heterocycles. The van der Waals surface area contributed by atoms with Crippen molar-refractivity contribution in [2.75, 3.05) is 0 Å². The van der Waals surface area contributed by atoms with Gasteiger partial charge in [-0.2, -0.15) is 0 Å². The molecule has 0 bridgehead atoms. The Morgan fingerprint density at radius 2 is 2.05 bits per heavy atom. The van der Waals surface area contributed by atoms with Crippen molar-refractivity contribution in [1.29, 1.82) is 0 Å². The topological polar surface area (TPSA) is 54.4 Å². The number of aromatic nitrogens is 1. The van der Waals surface area contributed by atoms with Gasteiger partial charge in [0.05, 0.1) is 0 Å². The lowest BCUT2D eigenvalue weighted by Crippen LogP contribution is -2.37. The predicted octanol–water partition coefficient (Wildman–Crippen LogP) is 3.02. The van der Waals surface area contributed by atoms with Gasteiger partial charge in [-0.25, -0.2) is 14.4 Å². The van der Waals surface area contributed by atoms with Gasteiger partial charge in [-0.15, -0.1) is 11.3 Å². The molecule has 6 heteroatoms. The van der Waals surface area contributed by atoms with Crippen molar-refractivity contribution in [2.45, 2.75) is 19.4 Å². The van der Waals surface area contributed by atoms with E-state index < -0.39 is 5.54 Å². The summed E-state index contributed by atoms with van der Waals surface area (Å²) >= 11 is 1.46. The number of Topliss-reactive ketones (excluding diaryl/α,β-unsaturated/α-hetero) is 1. The number of thiazole rings is 1. The van der Waals surface area contributed by atoms with Crippen molar-refractivity contribution in [3.05, 3.63) is 64.0 Å². The smallest absolute Gasteiger partial charge is 0.163 e. The van der Waals surface area contributed by atoms with E-state index in [1.807, 2.05) is 12.3 Å². The maximum atomic E-state index is 13.2. The maximum absolute atomic E-state index is 13.2. The third-order valence-electron chi connectivity index (χ3n) is 3.63. The van der Waals surface area contributed by atoms with E-state index in [1.54, 1.807) is 24.5 Å². The number of amidine groups is 1. The molecule has 0 amide bonds. The molecule has 0 spiro atoms. The molecule has 2 aromatic rings. The number of hydrogen-bond acceptors (Lipinski definition) is 5. The number of carbonyl (C=O) groups excluding carboxylic acids is 1. The highest BCUT2D eigenvalue weighted by atomic mass is 32.1. The van der Waals surface area contributed by atoms with E-state index in [9.17, 15) is 9.18 Å². The number of nitrogens with zero attached hydrogens (tertiary/aromatic N) is 2. The Morgan fingerprint density at radius 1 is 1.32 bits per heavy atom. The summed E-state index contributed by atoms with van der Waals surface area (Å²) in [4.78, 5) is 20.9. The minimum absolute atomic E-state index is 0.0822. The SMILES string of the molecule is CC(=O)C1=CNC(c2nccs2)=NC1(C)c1ccc(F)cc1. The van der Waals surface area contributed by atoms with Gasteiger partial charge in [-0.05, 0) is 31.5 Å². The normalized spacial score (nSPS) is 20.9. The zero-order valence-electron chi connectivity index (χ0n) is 12.1. The molecule has 0 radical (unpaired) electrons. The number of rotatable bonds is 3. The highest BCUT2D eigenvalue weighted by Crippen LogP contribution is 2.36. The monoisotopic (exact) mass is 315 g/mol. The van der Waals surface area contributed by atoms with E-state index in [0.29, 0.717) is 11.4 Å². The van der Waals surface area contributed by atoms with Crippen molar-refractivity contribution in [3.8, 4) is 0 Å². The standard InChI is InChI=1S/C16H14FN3OS/c1-10(21)13-9-19-14(15-18-7-8-22-15)20-16(13,2)11-3-5-12(17)6-4-11/h3-9H,1-2H3,(H,19,20). The summed E-state index contributed by atoms with van der Waals surface area (Å²) in [5.74, 6) is 0.201. The van der Waals surface area contributed by atoms with E-state index >= 15 is 0 Å². The number of halogens is 1. The largest absolute Gasteiger partial charge is 0.344 e. The van der Waals surface area contributed by atoms with Crippen LogP contribution in [0.25, 0.3) is 0 Å². The first kappa shape index (κ1) is 14.6. The minimum Gasteiger partial charge on any atom is -0.344 e. The van der Waals surface area contributed by atoms with Crippen LogP contribution in [0, 0.1) is 5.82 Å². The van der Waals surface area contributed by atoms with Crippen LogP contribution in [0.5, 0.6) is 0 Å². The van der Waals surface area contributed by atoms with Gasteiger partial charge < -0.3 is 5.32 Å². The summed E-state index contributed by atoms with van der Waals surface area (Å²) in [6.07, 6.45) is 3.36. The number of hydrogen-bond donors (Lipinski definition) is 1. The molecule has 1 aromatic heterocycles. The van der Waals surface area contributed by atoms with Crippen molar-refractivity contribution < 1.29 is 9.18 Å². The number of carbonyl (C=O) groups is 1. The Kier molecular flexibility index (Phi) is 3.62. The molecule has 1 aromatic carbocycles. The third-order valence-corrected chi connectivity index (χ3v) is 4.41. The molecule has 1 aliphatic heterocycles. The van der Waals surface area contributed by atoms with E-state index in [2.05, 4.69) is 10.3 Å². The van der Waals surface area contributed by atoms with Crippen LogP contribution in [0.15, 0.2) is 52.6 Å². The van der Waals surface area contributed by atoms with Gasteiger partial charge in [0.25, 0.3) is 0 Å². The molecule has 4 nitrogen and oxygen atoms in total. The van der Waals surface area contributed by atoms with Gasteiger partial charge in [0.1, 0.15) is 11.4 Å². The highest BCUT2D eigenvalue weighted by Gasteiger charge is 2.36. The molecule has 22 heavy (non-hydrogen) atoms. The predicted molar refractivity (Wildman–Crippen MR) is 84.3 cm³/mol. The fourth-order valence-corrected chi connectivity index (χ4v) is 3.07. The van der Waals surface area contributed by atoms with Gasteiger partial charge in [0, 0.05) is 23.3 Å². The number of benzene rings is 1. The molecular weight excluding hydrogens is 301 g/mol. The fraction of sp³-hybridized carbons (Fsp3) is 0.188. The first-order valence-electron chi connectivity index (χ1n) is 6.74. The van der Waals surface area contributed by atoms with E-state index in [4.69, 9.17) is 4.99 Å². The van der Waals surface area contributed by atoms with Crippen molar-refractivity contribution in [1.82, 2.24) is 10.3 Å². The number of ketones is 1. The zero-order chi connectivity index (χ0) is 15.7. The van der Waals surface area contributed by atoms with Gasteiger partial charge in [0.2, 0.25) is 0 Å².